The smallest absolute Gasteiger partial charge is 0.143 e. The van der Waals surface area contributed by atoms with Crippen molar-refractivity contribution in [1.82, 2.24) is 0 Å². The van der Waals surface area contributed by atoms with Crippen LogP contribution < -0.4 is 10.1 Å². The van der Waals surface area contributed by atoms with E-state index in [4.69, 9.17) is 10.00 Å². The molecule has 0 atom stereocenters. The first-order valence-electron chi connectivity index (χ1n) is 5.79. The number of para-hydroxylation sites is 1. The summed E-state index contributed by atoms with van der Waals surface area (Å²) in [5.41, 5.74) is 1.25. The molecule has 3 heteroatoms. The zero-order chi connectivity index (χ0) is 13.6. The predicted molar refractivity (Wildman–Crippen MR) is 73.4 cm³/mol. The van der Waals surface area contributed by atoms with Gasteiger partial charge in [-0.15, -0.1) is 0 Å². The minimum Gasteiger partial charge on any atom is -0.495 e. The Labute approximate surface area is 109 Å². The molecule has 0 unspecified atom stereocenters. The SMILES string of the molecule is COc1cccc(C#N)c1NCC#CC(C)(C)C. The number of methoxy groups -OCH3 is 1. The Bertz CT molecular complexity index is 510. The molecule has 1 N–H and O–H groups in total. The van der Waals surface area contributed by atoms with Gasteiger partial charge in [-0.1, -0.05) is 17.9 Å². The van der Waals surface area contributed by atoms with Crippen LogP contribution in [0, 0.1) is 28.6 Å². The first-order chi connectivity index (χ1) is 8.48. The minimum absolute atomic E-state index is 0.0134. The van der Waals surface area contributed by atoms with Gasteiger partial charge in [0.2, 0.25) is 0 Å². The number of ether oxygens (including phenoxy) is 1. The van der Waals surface area contributed by atoms with Gasteiger partial charge in [0.25, 0.3) is 0 Å². The average Bonchev–Trinajstić information content (AvgIpc) is 2.33. The molecule has 3 nitrogen and oxygen atoms in total. The molecule has 0 bridgehead atoms. The Hall–Kier alpha value is -2.13. The minimum atomic E-state index is -0.0134. The molecule has 0 radical (unpaired) electrons. The lowest BCUT2D eigenvalue weighted by Crippen LogP contribution is -2.05. The van der Waals surface area contributed by atoms with E-state index < -0.39 is 0 Å². The van der Waals surface area contributed by atoms with E-state index in [9.17, 15) is 0 Å². The van der Waals surface area contributed by atoms with Crippen LogP contribution in [0.4, 0.5) is 5.69 Å². The summed E-state index contributed by atoms with van der Waals surface area (Å²) in [5, 5.41) is 12.2. The Balaban J connectivity index is 2.84. The Morgan fingerprint density at radius 3 is 2.61 bits per heavy atom. The van der Waals surface area contributed by atoms with Gasteiger partial charge in [0, 0.05) is 5.41 Å². The molecule has 0 amide bonds. The molecule has 0 saturated heterocycles. The molecule has 0 spiro atoms. The van der Waals surface area contributed by atoms with E-state index in [1.54, 1.807) is 19.2 Å². The number of hydrogen-bond donors (Lipinski definition) is 1. The summed E-state index contributed by atoms with van der Waals surface area (Å²) in [6.07, 6.45) is 0. The second kappa shape index (κ2) is 5.98. The number of anilines is 1. The highest BCUT2D eigenvalue weighted by Gasteiger charge is 2.07. The molecule has 0 saturated carbocycles. The van der Waals surface area contributed by atoms with Gasteiger partial charge in [-0.25, -0.2) is 0 Å². The van der Waals surface area contributed by atoms with Gasteiger partial charge in [0.15, 0.2) is 0 Å². The van der Waals surface area contributed by atoms with Crippen molar-refractivity contribution in [1.29, 1.82) is 5.26 Å². The maximum absolute atomic E-state index is 9.04. The molecule has 18 heavy (non-hydrogen) atoms. The summed E-state index contributed by atoms with van der Waals surface area (Å²) in [4.78, 5) is 0. The van der Waals surface area contributed by atoms with Crippen molar-refractivity contribution in [3.63, 3.8) is 0 Å². The number of nitrogens with zero attached hydrogens (tertiary/aromatic N) is 1. The summed E-state index contributed by atoms with van der Waals surface area (Å²) in [6, 6.07) is 7.50. The van der Waals surface area contributed by atoms with E-state index in [-0.39, 0.29) is 5.41 Å². The van der Waals surface area contributed by atoms with E-state index in [0.717, 1.165) is 0 Å². The zero-order valence-electron chi connectivity index (χ0n) is 11.3. The van der Waals surface area contributed by atoms with Crippen molar-refractivity contribution >= 4 is 5.69 Å². The molecule has 1 aromatic carbocycles. The zero-order valence-corrected chi connectivity index (χ0v) is 11.3. The first kappa shape index (κ1) is 13.9. The van der Waals surface area contributed by atoms with Gasteiger partial charge in [-0.3, -0.25) is 0 Å². The molecule has 0 aliphatic carbocycles. The fraction of sp³-hybridized carbons (Fsp3) is 0.400. The number of hydrogen-bond acceptors (Lipinski definition) is 3. The van der Waals surface area contributed by atoms with E-state index in [0.29, 0.717) is 23.5 Å². The van der Waals surface area contributed by atoms with Crippen LogP contribution in [-0.2, 0) is 0 Å². The molecule has 0 aromatic heterocycles. The maximum atomic E-state index is 9.04. The summed E-state index contributed by atoms with van der Waals surface area (Å²) < 4.78 is 5.22. The van der Waals surface area contributed by atoms with Gasteiger partial charge in [-0.05, 0) is 32.9 Å². The molecule has 0 heterocycles. The molecular weight excluding hydrogens is 224 g/mol. The van der Waals surface area contributed by atoms with Gasteiger partial charge in [-0.2, -0.15) is 5.26 Å². The van der Waals surface area contributed by atoms with E-state index >= 15 is 0 Å². The molecule has 0 aliphatic heterocycles. The van der Waals surface area contributed by atoms with Crippen LogP contribution in [0.15, 0.2) is 18.2 Å². The summed E-state index contributed by atoms with van der Waals surface area (Å²) in [6.45, 7) is 6.67. The number of nitriles is 1. The molecule has 1 aromatic rings. The van der Waals surface area contributed by atoms with Crippen molar-refractivity contribution in [3.05, 3.63) is 23.8 Å². The van der Waals surface area contributed by atoms with E-state index in [1.807, 2.05) is 6.07 Å². The van der Waals surface area contributed by atoms with Crippen molar-refractivity contribution in [2.45, 2.75) is 20.8 Å². The van der Waals surface area contributed by atoms with Gasteiger partial charge < -0.3 is 10.1 Å². The van der Waals surface area contributed by atoms with Crippen molar-refractivity contribution in [2.24, 2.45) is 5.41 Å². The number of nitrogens with one attached hydrogen (secondary N) is 1. The van der Waals surface area contributed by atoms with Crippen molar-refractivity contribution in [3.8, 4) is 23.7 Å². The highest BCUT2D eigenvalue weighted by molar-refractivity contribution is 5.66. The van der Waals surface area contributed by atoms with Gasteiger partial charge >= 0.3 is 0 Å². The Kier molecular flexibility index (Phi) is 4.63. The lowest BCUT2D eigenvalue weighted by molar-refractivity contribution is 0.416. The fourth-order valence-corrected chi connectivity index (χ4v) is 1.42. The third-order valence-electron chi connectivity index (χ3n) is 2.18. The fourth-order valence-electron chi connectivity index (χ4n) is 1.42. The third kappa shape index (κ3) is 4.03. The highest BCUT2D eigenvalue weighted by Crippen LogP contribution is 2.27. The van der Waals surface area contributed by atoms with Crippen LogP contribution in [0.25, 0.3) is 0 Å². The Morgan fingerprint density at radius 2 is 2.06 bits per heavy atom. The largest absolute Gasteiger partial charge is 0.495 e. The van der Waals surface area contributed by atoms with Crippen LogP contribution in [-0.4, -0.2) is 13.7 Å². The summed E-state index contributed by atoms with van der Waals surface area (Å²) >= 11 is 0. The van der Waals surface area contributed by atoms with E-state index in [2.05, 4.69) is 44.0 Å². The standard InChI is InChI=1S/C15H18N2O/c1-15(2,3)9-6-10-17-14-12(11-16)7-5-8-13(14)18-4/h5,7-8,17H,10H2,1-4H3. The summed E-state index contributed by atoms with van der Waals surface area (Å²) in [7, 11) is 1.59. The topological polar surface area (TPSA) is 45.0 Å². The van der Waals surface area contributed by atoms with Crippen LogP contribution >= 0.6 is 0 Å². The number of benzene rings is 1. The molecule has 94 valence electrons. The molecule has 0 aliphatic rings. The monoisotopic (exact) mass is 242 g/mol. The highest BCUT2D eigenvalue weighted by atomic mass is 16.5. The van der Waals surface area contributed by atoms with Crippen LogP contribution in [0.5, 0.6) is 5.75 Å². The van der Waals surface area contributed by atoms with Crippen molar-refractivity contribution < 1.29 is 4.74 Å². The maximum Gasteiger partial charge on any atom is 0.143 e. The van der Waals surface area contributed by atoms with Gasteiger partial charge in [0.1, 0.15) is 11.8 Å². The third-order valence-corrected chi connectivity index (χ3v) is 2.18. The summed E-state index contributed by atoms with van der Waals surface area (Å²) in [5.74, 6) is 6.84. The quantitative estimate of drug-likeness (QED) is 0.829. The predicted octanol–water partition coefficient (Wildman–Crippen LogP) is 3.03. The van der Waals surface area contributed by atoms with Crippen LogP contribution in [0.1, 0.15) is 26.3 Å². The second-order valence-corrected chi connectivity index (χ2v) is 4.90. The molecule has 0 fully saturated rings. The molecule has 1 rings (SSSR count). The number of rotatable bonds is 3. The average molecular weight is 242 g/mol. The van der Waals surface area contributed by atoms with Crippen LogP contribution in [0.3, 0.4) is 0 Å². The van der Waals surface area contributed by atoms with Crippen LogP contribution in [0.2, 0.25) is 0 Å². The normalized spacial score (nSPS) is 9.94. The van der Waals surface area contributed by atoms with Crippen molar-refractivity contribution in [2.75, 3.05) is 19.0 Å². The second-order valence-electron chi connectivity index (χ2n) is 4.90. The first-order valence-corrected chi connectivity index (χ1v) is 5.79. The lowest BCUT2D eigenvalue weighted by atomic mass is 9.98. The molecular formula is C15H18N2O. The van der Waals surface area contributed by atoms with Gasteiger partial charge in [0.05, 0.1) is 24.9 Å². The lowest BCUT2D eigenvalue weighted by Gasteiger charge is -2.11. The van der Waals surface area contributed by atoms with E-state index in [1.165, 1.54) is 0 Å². The Morgan fingerprint density at radius 1 is 1.33 bits per heavy atom.